The molecule has 0 aliphatic carbocycles. The molecule has 1 fully saturated rings. The van der Waals surface area contributed by atoms with Crippen LogP contribution in [0.3, 0.4) is 0 Å². The summed E-state index contributed by atoms with van der Waals surface area (Å²) in [7, 11) is 4.33. The third kappa shape index (κ3) is 9.09. The van der Waals surface area contributed by atoms with E-state index >= 15 is 0 Å². The zero-order chi connectivity index (χ0) is 19.5. The Morgan fingerprint density at radius 3 is 2.54 bits per heavy atom. The molecule has 0 spiro atoms. The van der Waals surface area contributed by atoms with Crippen LogP contribution < -0.4 is 5.32 Å². The van der Waals surface area contributed by atoms with E-state index in [-0.39, 0.29) is 24.0 Å². The first-order valence-corrected chi connectivity index (χ1v) is 10.4. The zero-order valence-corrected chi connectivity index (χ0v) is 20.4. The summed E-state index contributed by atoms with van der Waals surface area (Å²) >= 11 is 0. The maximum absolute atomic E-state index is 5.47. The van der Waals surface area contributed by atoms with E-state index in [2.05, 4.69) is 73.4 Å². The fraction of sp³-hybridized carbons (Fsp3) is 0.682. The van der Waals surface area contributed by atoms with Crippen molar-refractivity contribution in [3.63, 3.8) is 0 Å². The number of rotatable bonds is 9. The van der Waals surface area contributed by atoms with Crippen LogP contribution >= 0.6 is 24.0 Å². The first-order chi connectivity index (χ1) is 13.1. The van der Waals surface area contributed by atoms with E-state index in [1.54, 1.807) is 0 Å². The molecule has 0 bridgehead atoms. The van der Waals surface area contributed by atoms with Crippen molar-refractivity contribution in [3.05, 3.63) is 35.9 Å². The molecule has 1 atom stereocenters. The van der Waals surface area contributed by atoms with Gasteiger partial charge < -0.3 is 15.0 Å². The summed E-state index contributed by atoms with van der Waals surface area (Å²) in [6.45, 7) is 9.92. The number of halogens is 1. The topological polar surface area (TPSA) is 40.1 Å². The van der Waals surface area contributed by atoms with Crippen LogP contribution in [0.1, 0.15) is 38.7 Å². The monoisotopic (exact) mass is 502 g/mol. The van der Waals surface area contributed by atoms with Gasteiger partial charge in [-0.2, -0.15) is 0 Å². The van der Waals surface area contributed by atoms with Crippen molar-refractivity contribution in [1.29, 1.82) is 0 Å². The Bertz CT molecular complexity index is 549. The second-order valence-electron chi connectivity index (χ2n) is 7.71. The molecule has 1 saturated heterocycles. The van der Waals surface area contributed by atoms with E-state index in [1.807, 2.05) is 0 Å². The molecule has 5 nitrogen and oxygen atoms in total. The summed E-state index contributed by atoms with van der Waals surface area (Å²) in [5.41, 5.74) is 1.34. The van der Waals surface area contributed by atoms with Crippen molar-refractivity contribution in [2.24, 2.45) is 10.9 Å². The smallest absolute Gasteiger partial charge is 0.193 e. The van der Waals surface area contributed by atoms with Gasteiger partial charge in [-0.25, -0.2) is 0 Å². The highest BCUT2D eigenvalue weighted by Gasteiger charge is 2.16. The van der Waals surface area contributed by atoms with Crippen molar-refractivity contribution < 1.29 is 4.74 Å². The minimum atomic E-state index is 0. The number of nitrogens with zero attached hydrogens (tertiary/aromatic N) is 3. The number of nitrogens with one attached hydrogen (secondary N) is 1. The summed E-state index contributed by atoms with van der Waals surface area (Å²) in [5.74, 6) is 1.81. The Hall–Kier alpha value is -0.860. The molecule has 1 aromatic rings. The molecule has 0 amide bonds. The molecule has 0 radical (unpaired) electrons. The molecule has 6 heteroatoms. The van der Waals surface area contributed by atoms with Gasteiger partial charge in [-0.1, -0.05) is 30.3 Å². The Balaban J connectivity index is 0.00000392. The highest BCUT2D eigenvalue weighted by molar-refractivity contribution is 14.0. The maximum Gasteiger partial charge on any atom is 0.193 e. The van der Waals surface area contributed by atoms with Crippen LogP contribution in [0.2, 0.25) is 0 Å². The number of ether oxygens (including phenoxy) is 1. The average molecular weight is 502 g/mol. The second-order valence-corrected chi connectivity index (χ2v) is 7.71. The maximum atomic E-state index is 5.47. The summed E-state index contributed by atoms with van der Waals surface area (Å²) in [4.78, 5) is 9.55. The van der Waals surface area contributed by atoms with Crippen molar-refractivity contribution in [2.75, 3.05) is 46.9 Å². The first-order valence-electron chi connectivity index (χ1n) is 10.4. The van der Waals surface area contributed by atoms with E-state index in [0.29, 0.717) is 6.04 Å². The van der Waals surface area contributed by atoms with Crippen molar-refractivity contribution in [2.45, 2.75) is 45.7 Å². The molecular formula is C22H39IN4O. The average Bonchev–Trinajstić information content (AvgIpc) is 2.70. The van der Waals surface area contributed by atoms with Gasteiger partial charge in [0.1, 0.15) is 0 Å². The minimum absolute atomic E-state index is 0. The molecular weight excluding hydrogens is 463 g/mol. The van der Waals surface area contributed by atoms with Crippen LogP contribution in [0.25, 0.3) is 0 Å². The molecule has 1 heterocycles. The Kier molecular flexibility index (Phi) is 12.7. The van der Waals surface area contributed by atoms with Gasteiger partial charge in [-0.05, 0) is 51.6 Å². The van der Waals surface area contributed by atoms with Gasteiger partial charge in [0, 0.05) is 45.9 Å². The van der Waals surface area contributed by atoms with Gasteiger partial charge in [-0.3, -0.25) is 9.89 Å². The third-order valence-electron chi connectivity index (χ3n) is 5.44. The minimum Gasteiger partial charge on any atom is -0.381 e. The predicted octanol–water partition coefficient (Wildman–Crippen LogP) is 3.84. The highest BCUT2D eigenvalue weighted by atomic mass is 127. The number of likely N-dealkylation sites (N-methyl/N-ethyl adjacent to an activating group) is 1. The molecule has 0 saturated carbocycles. The van der Waals surface area contributed by atoms with Crippen LogP contribution in [0.4, 0.5) is 0 Å². The first kappa shape index (κ1) is 25.2. The lowest BCUT2D eigenvalue weighted by Crippen LogP contribution is -2.41. The lowest BCUT2D eigenvalue weighted by Gasteiger charge is -2.28. The van der Waals surface area contributed by atoms with Gasteiger partial charge in [0.2, 0.25) is 0 Å². The number of hydrogen-bond acceptors (Lipinski definition) is 3. The molecule has 1 aromatic carbocycles. The summed E-state index contributed by atoms with van der Waals surface area (Å²) in [6.07, 6.45) is 3.61. The zero-order valence-electron chi connectivity index (χ0n) is 18.1. The van der Waals surface area contributed by atoms with Crippen molar-refractivity contribution in [1.82, 2.24) is 15.1 Å². The lowest BCUT2D eigenvalue weighted by atomic mass is 9.96. The molecule has 1 aliphatic heterocycles. The van der Waals surface area contributed by atoms with Crippen LogP contribution in [0.5, 0.6) is 0 Å². The van der Waals surface area contributed by atoms with E-state index in [4.69, 9.17) is 9.73 Å². The van der Waals surface area contributed by atoms with Crippen LogP contribution in [0.15, 0.2) is 35.3 Å². The molecule has 28 heavy (non-hydrogen) atoms. The molecule has 1 aliphatic rings. The fourth-order valence-corrected chi connectivity index (χ4v) is 3.37. The standard InChI is InChI=1S/C22H38N4O.HI/c1-5-23-22(25(3)14-11-20-12-15-27-16-13-20)24-17-19(2)26(4)18-21-9-7-6-8-10-21;/h6-10,19-20H,5,11-18H2,1-4H3,(H,23,24);1H. The quantitative estimate of drug-likeness (QED) is 0.317. The Morgan fingerprint density at radius 1 is 1.21 bits per heavy atom. The van der Waals surface area contributed by atoms with Crippen LogP contribution in [0, 0.1) is 5.92 Å². The number of guanidine groups is 1. The summed E-state index contributed by atoms with van der Waals surface area (Å²) < 4.78 is 5.47. The second kappa shape index (κ2) is 14.2. The number of aliphatic imine (C=N–C) groups is 1. The SMILES string of the molecule is CCNC(=NCC(C)N(C)Cc1ccccc1)N(C)CCC1CCOCC1.I. The molecule has 1 N–H and O–H groups in total. The largest absolute Gasteiger partial charge is 0.381 e. The van der Waals surface area contributed by atoms with E-state index in [9.17, 15) is 0 Å². The molecule has 160 valence electrons. The van der Waals surface area contributed by atoms with Crippen molar-refractivity contribution >= 4 is 29.9 Å². The normalized spacial score (nSPS) is 16.5. The summed E-state index contributed by atoms with van der Waals surface area (Å²) in [6, 6.07) is 11.0. The molecule has 0 aromatic heterocycles. The predicted molar refractivity (Wildman–Crippen MR) is 130 cm³/mol. The van der Waals surface area contributed by atoms with E-state index in [0.717, 1.165) is 51.3 Å². The van der Waals surface area contributed by atoms with Crippen molar-refractivity contribution in [3.8, 4) is 0 Å². The number of benzene rings is 1. The van der Waals surface area contributed by atoms with Gasteiger partial charge in [0.15, 0.2) is 5.96 Å². The molecule has 2 rings (SSSR count). The highest BCUT2D eigenvalue weighted by Crippen LogP contribution is 2.18. The van der Waals surface area contributed by atoms with E-state index < -0.39 is 0 Å². The fourth-order valence-electron chi connectivity index (χ4n) is 3.37. The summed E-state index contributed by atoms with van der Waals surface area (Å²) in [5, 5.41) is 3.45. The van der Waals surface area contributed by atoms with E-state index in [1.165, 1.54) is 24.8 Å². The molecule has 1 unspecified atom stereocenters. The Labute approximate surface area is 188 Å². The van der Waals surface area contributed by atoms with Gasteiger partial charge in [0.05, 0.1) is 6.54 Å². The lowest BCUT2D eigenvalue weighted by molar-refractivity contribution is 0.0625. The van der Waals surface area contributed by atoms with Gasteiger partial charge >= 0.3 is 0 Å². The van der Waals surface area contributed by atoms with Gasteiger partial charge in [0.25, 0.3) is 0 Å². The van der Waals surface area contributed by atoms with Crippen LogP contribution in [-0.2, 0) is 11.3 Å². The number of hydrogen-bond donors (Lipinski definition) is 1. The Morgan fingerprint density at radius 2 is 1.89 bits per heavy atom. The third-order valence-corrected chi connectivity index (χ3v) is 5.44. The van der Waals surface area contributed by atoms with Crippen LogP contribution in [-0.4, -0.2) is 68.7 Å². The van der Waals surface area contributed by atoms with Gasteiger partial charge in [-0.15, -0.1) is 24.0 Å².